The Morgan fingerprint density at radius 2 is 2.26 bits per heavy atom. The van der Waals surface area contributed by atoms with Gasteiger partial charge in [0.1, 0.15) is 5.82 Å². The Hall–Kier alpha value is -1.80. The molecule has 0 bridgehead atoms. The minimum Gasteiger partial charge on any atom is -0.383 e. The number of benzene rings is 1. The quantitative estimate of drug-likeness (QED) is 0.550. The first-order valence-corrected chi connectivity index (χ1v) is 8.03. The summed E-state index contributed by atoms with van der Waals surface area (Å²) in [6, 6.07) is 4.60. The number of aromatic nitrogens is 2. The van der Waals surface area contributed by atoms with Gasteiger partial charge in [0, 0.05) is 13.7 Å². The van der Waals surface area contributed by atoms with Crippen LogP contribution in [0.5, 0.6) is 0 Å². The zero-order valence-electron chi connectivity index (χ0n) is 13.0. The van der Waals surface area contributed by atoms with Crippen molar-refractivity contribution in [1.82, 2.24) is 10.3 Å². The number of nitrogens with one attached hydrogen (secondary N) is 1. The second-order valence-electron chi connectivity index (χ2n) is 4.79. The van der Waals surface area contributed by atoms with E-state index in [1.807, 2.05) is 6.92 Å². The minimum atomic E-state index is -0.328. The molecule has 0 spiro atoms. The third kappa shape index (κ3) is 4.84. The molecule has 0 saturated carbocycles. The molecule has 0 saturated heterocycles. The zero-order valence-corrected chi connectivity index (χ0v) is 14.6. The van der Waals surface area contributed by atoms with Gasteiger partial charge in [-0.05, 0) is 50.9 Å². The monoisotopic (exact) mass is 384 g/mol. The normalized spacial score (nSPS) is 11.7. The van der Waals surface area contributed by atoms with E-state index in [1.54, 1.807) is 19.2 Å². The Morgan fingerprint density at radius 1 is 1.43 bits per heavy atom. The molecule has 0 atom stereocenters. The van der Waals surface area contributed by atoms with Crippen molar-refractivity contribution in [3.05, 3.63) is 34.2 Å². The lowest BCUT2D eigenvalue weighted by molar-refractivity contribution is 0.210. The van der Waals surface area contributed by atoms with Crippen molar-refractivity contribution in [1.29, 1.82) is 0 Å². The molecule has 23 heavy (non-hydrogen) atoms. The first-order chi connectivity index (χ1) is 11.2. The van der Waals surface area contributed by atoms with Crippen LogP contribution in [0, 0.1) is 5.82 Å². The predicted molar refractivity (Wildman–Crippen MR) is 89.9 cm³/mol. The Balaban J connectivity index is 2.29. The van der Waals surface area contributed by atoms with Gasteiger partial charge in [-0.1, -0.05) is 13.3 Å². The van der Waals surface area contributed by atoms with E-state index < -0.39 is 0 Å². The molecule has 0 aliphatic carbocycles. The molecular weight excluding hydrogens is 367 g/mol. The number of rotatable bonds is 8. The smallest absolute Gasteiger partial charge is 0.200 e. The van der Waals surface area contributed by atoms with Crippen molar-refractivity contribution in [2.45, 2.75) is 19.8 Å². The van der Waals surface area contributed by atoms with Crippen LogP contribution in [-0.4, -0.2) is 36.3 Å². The average Bonchev–Trinajstić information content (AvgIpc) is 2.99. The lowest BCUT2D eigenvalue weighted by atomic mass is 10.1. The maximum Gasteiger partial charge on any atom is 0.200 e. The minimum absolute atomic E-state index is 0.328. The van der Waals surface area contributed by atoms with E-state index in [0.29, 0.717) is 41.2 Å². The molecule has 2 aromatic rings. The van der Waals surface area contributed by atoms with Crippen molar-refractivity contribution in [3.8, 4) is 0 Å². The number of hydrogen-bond donors (Lipinski definition) is 1. The lowest BCUT2D eigenvalue weighted by Crippen LogP contribution is -2.12. The molecule has 8 heteroatoms. The molecule has 6 nitrogen and oxygen atoms in total. The molecule has 0 fully saturated rings. The highest BCUT2D eigenvalue weighted by atomic mass is 79.9. The fourth-order valence-electron chi connectivity index (χ4n) is 1.94. The second kappa shape index (κ2) is 8.73. The van der Waals surface area contributed by atoms with Crippen LogP contribution in [0.25, 0.3) is 0 Å². The van der Waals surface area contributed by atoms with Gasteiger partial charge in [0.25, 0.3) is 0 Å². The molecule has 0 radical (unpaired) electrons. The van der Waals surface area contributed by atoms with Gasteiger partial charge in [-0.25, -0.2) is 9.02 Å². The van der Waals surface area contributed by atoms with E-state index in [1.165, 1.54) is 6.07 Å². The van der Waals surface area contributed by atoms with Crippen molar-refractivity contribution in [3.63, 3.8) is 0 Å². The van der Waals surface area contributed by atoms with E-state index in [-0.39, 0.29) is 5.82 Å². The van der Waals surface area contributed by atoms with Crippen LogP contribution in [0.15, 0.2) is 32.3 Å². The lowest BCUT2D eigenvalue weighted by Gasteiger charge is -2.06. The van der Waals surface area contributed by atoms with Crippen LogP contribution in [-0.2, 0) is 4.74 Å². The molecule has 1 heterocycles. The average molecular weight is 385 g/mol. The molecular formula is C15H18BrFN4O2. The molecule has 0 unspecified atom stereocenters. The van der Waals surface area contributed by atoms with E-state index >= 15 is 0 Å². The van der Waals surface area contributed by atoms with Crippen LogP contribution in [0.4, 0.5) is 15.9 Å². The zero-order chi connectivity index (χ0) is 16.7. The van der Waals surface area contributed by atoms with Crippen LogP contribution >= 0.6 is 15.9 Å². The van der Waals surface area contributed by atoms with Gasteiger partial charge in [-0.3, -0.25) is 4.99 Å². The second-order valence-corrected chi connectivity index (χ2v) is 5.64. The SMILES string of the molecule is CCCC(=Nc1ccc(F)c(Br)c1)c1nonc1NCCOC. The highest BCUT2D eigenvalue weighted by Crippen LogP contribution is 2.24. The number of anilines is 1. The molecule has 0 aliphatic rings. The Labute approximate surface area is 142 Å². The summed E-state index contributed by atoms with van der Waals surface area (Å²) in [5.41, 5.74) is 1.92. The highest BCUT2D eigenvalue weighted by molar-refractivity contribution is 9.10. The van der Waals surface area contributed by atoms with Crippen LogP contribution in [0.2, 0.25) is 0 Å². The maximum absolute atomic E-state index is 13.3. The van der Waals surface area contributed by atoms with Gasteiger partial charge >= 0.3 is 0 Å². The number of halogens is 2. The topological polar surface area (TPSA) is 72.5 Å². The van der Waals surface area contributed by atoms with Crippen molar-refractivity contribution < 1.29 is 13.8 Å². The third-order valence-corrected chi connectivity index (χ3v) is 3.62. The summed E-state index contributed by atoms with van der Waals surface area (Å²) < 4.78 is 23.5. The predicted octanol–water partition coefficient (Wildman–Crippen LogP) is 3.95. The summed E-state index contributed by atoms with van der Waals surface area (Å²) >= 11 is 3.16. The Bertz CT molecular complexity index is 675. The van der Waals surface area contributed by atoms with Crippen LogP contribution in [0.1, 0.15) is 25.5 Å². The van der Waals surface area contributed by atoms with Gasteiger partial charge in [-0.2, -0.15) is 0 Å². The van der Waals surface area contributed by atoms with Crippen LogP contribution in [0.3, 0.4) is 0 Å². The van der Waals surface area contributed by atoms with Gasteiger partial charge in [-0.15, -0.1) is 0 Å². The van der Waals surface area contributed by atoms with E-state index in [0.717, 1.165) is 12.1 Å². The van der Waals surface area contributed by atoms with Crippen molar-refractivity contribution in [2.75, 3.05) is 25.6 Å². The summed E-state index contributed by atoms with van der Waals surface area (Å²) in [7, 11) is 1.63. The molecule has 0 aliphatic heterocycles. The fraction of sp³-hybridized carbons (Fsp3) is 0.400. The maximum atomic E-state index is 13.3. The van der Waals surface area contributed by atoms with Crippen LogP contribution < -0.4 is 5.32 Å². The summed E-state index contributed by atoms with van der Waals surface area (Å²) in [6.07, 6.45) is 1.58. The molecule has 1 N–H and O–H groups in total. The number of methoxy groups -OCH3 is 1. The molecule has 0 amide bonds. The molecule has 1 aromatic heterocycles. The fourth-order valence-corrected chi connectivity index (χ4v) is 2.31. The first-order valence-electron chi connectivity index (χ1n) is 7.24. The molecule has 124 valence electrons. The van der Waals surface area contributed by atoms with Gasteiger partial charge < -0.3 is 10.1 Å². The number of ether oxygens (including phenoxy) is 1. The van der Waals surface area contributed by atoms with Gasteiger partial charge in [0.15, 0.2) is 11.5 Å². The number of hydrogen-bond acceptors (Lipinski definition) is 6. The largest absolute Gasteiger partial charge is 0.383 e. The Morgan fingerprint density at radius 3 is 2.96 bits per heavy atom. The molecule has 1 aromatic carbocycles. The van der Waals surface area contributed by atoms with E-state index in [2.05, 4.69) is 36.6 Å². The van der Waals surface area contributed by atoms with E-state index in [4.69, 9.17) is 9.37 Å². The van der Waals surface area contributed by atoms with Gasteiger partial charge in [0.05, 0.1) is 22.5 Å². The summed E-state index contributed by atoms with van der Waals surface area (Å²) in [5, 5.41) is 10.9. The number of nitrogens with zero attached hydrogens (tertiary/aromatic N) is 3. The highest BCUT2D eigenvalue weighted by Gasteiger charge is 2.16. The standard InChI is InChI=1S/C15H18BrFN4O2/c1-3-4-13(19-10-5-6-12(17)11(16)9-10)14-15(21-23-20-14)18-7-8-22-2/h5-6,9H,3-4,7-8H2,1-2H3,(H,18,21). The Kier molecular flexibility index (Phi) is 6.66. The van der Waals surface area contributed by atoms with E-state index in [9.17, 15) is 4.39 Å². The first kappa shape index (κ1) is 17.6. The number of aliphatic imine (C=N–C) groups is 1. The third-order valence-electron chi connectivity index (χ3n) is 3.01. The summed E-state index contributed by atoms with van der Waals surface area (Å²) in [4.78, 5) is 4.57. The van der Waals surface area contributed by atoms with Gasteiger partial charge in [0.2, 0.25) is 0 Å². The summed E-state index contributed by atoms with van der Waals surface area (Å²) in [5.74, 6) is 0.196. The van der Waals surface area contributed by atoms with Crippen molar-refractivity contribution >= 4 is 33.1 Å². The summed E-state index contributed by atoms with van der Waals surface area (Å²) in [6.45, 7) is 3.16. The molecule has 2 rings (SSSR count). The van der Waals surface area contributed by atoms with Crippen molar-refractivity contribution in [2.24, 2.45) is 4.99 Å².